The van der Waals surface area contributed by atoms with Crippen LogP contribution in [0.15, 0.2) is 18.2 Å². The van der Waals surface area contributed by atoms with Crippen LogP contribution in [0.5, 0.6) is 0 Å². The highest BCUT2D eigenvalue weighted by molar-refractivity contribution is 5.78. The van der Waals surface area contributed by atoms with Gasteiger partial charge in [0.05, 0.1) is 0 Å². The maximum absolute atomic E-state index is 11.1. The van der Waals surface area contributed by atoms with Gasteiger partial charge in [0.2, 0.25) is 0 Å². The number of hydrogen-bond donors (Lipinski definition) is 1. The van der Waals surface area contributed by atoms with E-state index in [9.17, 15) is 4.79 Å². The maximum atomic E-state index is 11.1. The molecule has 1 rings (SSSR count). The third-order valence-electron chi connectivity index (χ3n) is 3.10. The van der Waals surface area contributed by atoms with Crippen molar-refractivity contribution >= 4 is 11.7 Å². The van der Waals surface area contributed by atoms with Crippen LogP contribution in [0, 0.1) is 13.8 Å². The van der Waals surface area contributed by atoms with E-state index in [1.807, 2.05) is 50.9 Å². The maximum Gasteiger partial charge on any atom is 0.326 e. The van der Waals surface area contributed by atoms with E-state index >= 15 is 0 Å². The summed E-state index contributed by atoms with van der Waals surface area (Å²) < 4.78 is 0. The lowest BCUT2D eigenvalue weighted by molar-refractivity contribution is -0.138. The Kier molecular flexibility index (Phi) is 3.93. The number of nitrogens with zero attached hydrogens (tertiary/aromatic N) is 1. The van der Waals surface area contributed by atoms with Crippen molar-refractivity contribution in [3.63, 3.8) is 0 Å². The van der Waals surface area contributed by atoms with Gasteiger partial charge in [-0.3, -0.25) is 0 Å². The Bertz CT molecular complexity index is 388. The molecule has 0 amide bonds. The molecule has 16 heavy (non-hydrogen) atoms. The van der Waals surface area contributed by atoms with Gasteiger partial charge >= 0.3 is 5.97 Å². The summed E-state index contributed by atoms with van der Waals surface area (Å²) >= 11 is 0. The molecule has 0 fully saturated rings. The van der Waals surface area contributed by atoms with E-state index in [1.165, 1.54) is 5.56 Å². The first-order chi connectivity index (χ1) is 7.49. The average molecular weight is 221 g/mol. The van der Waals surface area contributed by atoms with E-state index < -0.39 is 12.0 Å². The molecule has 0 saturated heterocycles. The number of rotatable bonds is 4. The van der Waals surface area contributed by atoms with E-state index in [0.29, 0.717) is 6.42 Å². The average Bonchev–Trinajstić information content (AvgIpc) is 2.22. The standard InChI is InChI=1S/C13H19NO2/c1-5-11(13(15)16)14(4)12-8-6-7-9(2)10(12)3/h6-8,11H,5H2,1-4H3,(H,15,16)/t11-/m1/s1. The highest BCUT2D eigenvalue weighted by atomic mass is 16.4. The van der Waals surface area contributed by atoms with Gasteiger partial charge in [0.15, 0.2) is 0 Å². The molecular weight excluding hydrogens is 202 g/mol. The SMILES string of the molecule is CC[C@H](C(=O)O)N(C)c1cccc(C)c1C. The van der Waals surface area contributed by atoms with Gasteiger partial charge in [-0.15, -0.1) is 0 Å². The Morgan fingerprint density at radius 2 is 2.06 bits per heavy atom. The number of carboxylic acids is 1. The number of likely N-dealkylation sites (N-methyl/N-ethyl adjacent to an activating group) is 1. The predicted molar refractivity (Wildman–Crippen MR) is 66.0 cm³/mol. The molecule has 0 spiro atoms. The smallest absolute Gasteiger partial charge is 0.326 e. The van der Waals surface area contributed by atoms with E-state index in [2.05, 4.69) is 0 Å². The molecule has 1 atom stereocenters. The zero-order chi connectivity index (χ0) is 12.3. The monoisotopic (exact) mass is 221 g/mol. The minimum atomic E-state index is -0.772. The summed E-state index contributed by atoms with van der Waals surface area (Å²) in [6, 6.07) is 5.51. The second-order valence-corrected chi connectivity index (χ2v) is 4.09. The van der Waals surface area contributed by atoms with E-state index in [-0.39, 0.29) is 0 Å². The molecule has 0 heterocycles. The number of aryl methyl sites for hydroxylation is 1. The van der Waals surface area contributed by atoms with E-state index in [1.54, 1.807) is 0 Å². The van der Waals surface area contributed by atoms with Crippen LogP contribution in [0.4, 0.5) is 5.69 Å². The van der Waals surface area contributed by atoms with Gasteiger partial charge < -0.3 is 10.0 Å². The normalized spacial score (nSPS) is 12.2. The Hall–Kier alpha value is -1.51. The zero-order valence-corrected chi connectivity index (χ0v) is 10.3. The number of anilines is 1. The van der Waals surface area contributed by atoms with Crippen LogP contribution in [0.2, 0.25) is 0 Å². The van der Waals surface area contributed by atoms with Crippen molar-refractivity contribution in [1.82, 2.24) is 0 Å². The molecule has 0 radical (unpaired) electrons. The Morgan fingerprint density at radius 3 is 2.56 bits per heavy atom. The minimum Gasteiger partial charge on any atom is -0.480 e. The lowest BCUT2D eigenvalue weighted by Gasteiger charge is -2.27. The molecule has 0 saturated carbocycles. The van der Waals surface area contributed by atoms with Crippen LogP contribution in [-0.2, 0) is 4.79 Å². The summed E-state index contributed by atoms with van der Waals surface area (Å²) in [6.45, 7) is 5.95. The Balaban J connectivity index is 3.08. The quantitative estimate of drug-likeness (QED) is 0.849. The molecule has 1 N–H and O–H groups in total. The highest BCUT2D eigenvalue weighted by Crippen LogP contribution is 2.24. The number of carboxylic acid groups (broad SMARTS) is 1. The van der Waals surface area contributed by atoms with Gasteiger partial charge in [0, 0.05) is 12.7 Å². The van der Waals surface area contributed by atoms with Gasteiger partial charge in [-0.2, -0.15) is 0 Å². The van der Waals surface area contributed by atoms with Crippen LogP contribution < -0.4 is 4.90 Å². The lowest BCUT2D eigenvalue weighted by atomic mass is 10.1. The summed E-state index contributed by atoms with van der Waals surface area (Å²) in [5.74, 6) is -0.772. The summed E-state index contributed by atoms with van der Waals surface area (Å²) in [4.78, 5) is 12.9. The topological polar surface area (TPSA) is 40.5 Å². The second kappa shape index (κ2) is 5.01. The summed E-state index contributed by atoms with van der Waals surface area (Å²) in [7, 11) is 1.84. The molecule has 1 aromatic rings. The van der Waals surface area contributed by atoms with Crippen LogP contribution >= 0.6 is 0 Å². The van der Waals surface area contributed by atoms with Gasteiger partial charge in [-0.05, 0) is 37.5 Å². The van der Waals surface area contributed by atoms with Crippen molar-refractivity contribution in [2.75, 3.05) is 11.9 Å². The molecule has 0 aromatic heterocycles. The van der Waals surface area contributed by atoms with E-state index in [0.717, 1.165) is 11.3 Å². The van der Waals surface area contributed by atoms with Gasteiger partial charge in [-0.1, -0.05) is 19.1 Å². The molecule has 88 valence electrons. The van der Waals surface area contributed by atoms with Crippen molar-refractivity contribution in [2.45, 2.75) is 33.2 Å². The van der Waals surface area contributed by atoms with Crippen LogP contribution in [0.1, 0.15) is 24.5 Å². The zero-order valence-electron chi connectivity index (χ0n) is 10.3. The largest absolute Gasteiger partial charge is 0.480 e. The lowest BCUT2D eigenvalue weighted by Crippen LogP contribution is -2.38. The van der Waals surface area contributed by atoms with Crippen molar-refractivity contribution < 1.29 is 9.90 Å². The molecule has 0 bridgehead atoms. The third-order valence-corrected chi connectivity index (χ3v) is 3.10. The Morgan fingerprint density at radius 1 is 1.44 bits per heavy atom. The molecule has 0 aliphatic heterocycles. The number of aliphatic carboxylic acids is 1. The van der Waals surface area contributed by atoms with Crippen molar-refractivity contribution in [3.05, 3.63) is 29.3 Å². The van der Waals surface area contributed by atoms with Gasteiger partial charge in [0.1, 0.15) is 6.04 Å². The third kappa shape index (κ3) is 2.35. The fourth-order valence-corrected chi connectivity index (χ4v) is 1.90. The van der Waals surface area contributed by atoms with Crippen LogP contribution in [0.25, 0.3) is 0 Å². The fraction of sp³-hybridized carbons (Fsp3) is 0.462. The first-order valence-corrected chi connectivity index (χ1v) is 5.50. The molecule has 3 nitrogen and oxygen atoms in total. The fourth-order valence-electron chi connectivity index (χ4n) is 1.90. The molecular formula is C13H19NO2. The van der Waals surface area contributed by atoms with Gasteiger partial charge in [-0.25, -0.2) is 4.79 Å². The minimum absolute atomic E-state index is 0.458. The molecule has 1 aromatic carbocycles. The summed E-state index contributed by atoms with van der Waals surface area (Å²) in [5, 5.41) is 9.12. The van der Waals surface area contributed by atoms with Crippen LogP contribution in [-0.4, -0.2) is 24.2 Å². The number of carbonyl (C=O) groups is 1. The van der Waals surface area contributed by atoms with Crippen molar-refractivity contribution in [2.24, 2.45) is 0 Å². The summed E-state index contributed by atoms with van der Waals surface area (Å²) in [5.41, 5.74) is 3.32. The highest BCUT2D eigenvalue weighted by Gasteiger charge is 2.21. The predicted octanol–water partition coefficient (Wildman–Crippen LogP) is 2.60. The van der Waals surface area contributed by atoms with Crippen molar-refractivity contribution in [1.29, 1.82) is 0 Å². The molecule has 0 aliphatic carbocycles. The van der Waals surface area contributed by atoms with Gasteiger partial charge in [0.25, 0.3) is 0 Å². The Labute approximate surface area is 96.7 Å². The second-order valence-electron chi connectivity index (χ2n) is 4.09. The first-order valence-electron chi connectivity index (χ1n) is 5.50. The first kappa shape index (κ1) is 12.6. The molecule has 0 unspecified atom stereocenters. The van der Waals surface area contributed by atoms with E-state index in [4.69, 9.17) is 5.11 Å². The number of hydrogen-bond acceptors (Lipinski definition) is 2. The summed E-state index contributed by atoms with van der Waals surface area (Å²) in [6.07, 6.45) is 0.596. The number of benzene rings is 1. The molecule has 0 aliphatic rings. The molecule has 3 heteroatoms. The van der Waals surface area contributed by atoms with Crippen LogP contribution in [0.3, 0.4) is 0 Å². The van der Waals surface area contributed by atoms with Crippen molar-refractivity contribution in [3.8, 4) is 0 Å².